The zero-order valence-corrected chi connectivity index (χ0v) is 13.4. The third-order valence-corrected chi connectivity index (χ3v) is 5.82. The zero-order chi connectivity index (χ0) is 14.9. The van der Waals surface area contributed by atoms with E-state index in [0.29, 0.717) is 6.54 Å². The minimum absolute atomic E-state index is 0.0365. The Morgan fingerprint density at radius 1 is 1.52 bits per heavy atom. The first-order valence-electron chi connectivity index (χ1n) is 7.42. The van der Waals surface area contributed by atoms with Crippen molar-refractivity contribution in [3.63, 3.8) is 0 Å². The Hall–Kier alpha value is -1.20. The van der Waals surface area contributed by atoms with Crippen molar-refractivity contribution >= 4 is 17.7 Å². The second kappa shape index (κ2) is 5.89. The molecule has 2 atom stereocenters. The number of nitrogens with one attached hydrogen (secondary N) is 1. The van der Waals surface area contributed by atoms with Gasteiger partial charge in [-0.2, -0.15) is 11.8 Å². The Bertz CT molecular complexity index is 529. The van der Waals surface area contributed by atoms with Gasteiger partial charge in [0.05, 0.1) is 13.7 Å². The molecule has 2 aliphatic rings. The summed E-state index contributed by atoms with van der Waals surface area (Å²) < 4.78 is 5.49. The normalized spacial score (nSPS) is 29.1. The van der Waals surface area contributed by atoms with Crippen LogP contribution in [0.2, 0.25) is 0 Å². The van der Waals surface area contributed by atoms with E-state index in [9.17, 15) is 4.79 Å². The summed E-state index contributed by atoms with van der Waals surface area (Å²) >= 11 is 1.99. The Morgan fingerprint density at radius 3 is 3.10 bits per heavy atom. The molecular weight excluding hydrogens is 284 g/mol. The summed E-state index contributed by atoms with van der Waals surface area (Å²) in [4.78, 5) is 14.3. The van der Waals surface area contributed by atoms with Gasteiger partial charge in [0.2, 0.25) is 5.91 Å². The van der Waals surface area contributed by atoms with Crippen LogP contribution in [0.5, 0.6) is 5.75 Å². The second-order valence-electron chi connectivity index (χ2n) is 5.98. The number of ether oxygens (including phenoxy) is 1. The second-order valence-corrected chi connectivity index (χ2v) is 7.67. The van der Waals surface area contributed by atoms with Crippen LogP contribution in [0.25, 0.3) is 0 Å². The van der Waals surface area contributed by atoms with Crippen LogP contribution in [0.15, 0.2) is 24.3 Å². The van der Waals surface area contributed by atoms with Crippen LogP contribution in [-0.4, -0.2) is 41.5 Å². The molecule has 5 heteroatoms. The molecule has 2 fully saturated rings. The van der Waals surface area contributed by atoms with Gasteiger partial charge >= 0.3 is 0 Å². The fourth-order valence-electron chi connectivity index (χ4n) is 3.15. The van der Waals surface area contributed by atoms with E-state index in [0.717, 1.165) is 17.9 Å². The van der Waals surface area contributed by atoms with Gasteiger partial charge in [-0.15, -0.1) is 0 Å². The van der Waals surface area contributed by atoms with E-state index >= 15 is 0 Å². The van der Waals surface area contributed by atoms with Crippen molar-refractivity contribution in [2.24, 2.45) is 0 Å². The molecule has 21 heavy (non-hydrogen) atoms. The fourth-order valence-corrected chi connectivity index (χ4v) is 4.45. The molecule has 0 radical (unpaired) electrons. The summed E-state index contributed by atoms with van der Waals surface area (Å²) in [6.45, 7) is 3.51. The summed E-state index contributed by atoms with van der Waals surface area (Å²) in [5.41, 5.74) is 1.09. The maximum absolute atomic E-state index is 12.3. The van der Waals surface area contributed by atoms with Gasteiger partial charge in [-0.1, -0.05) is 12.1 Å². The van der Waals surface area contributed by atoms with Gasteiger partial charge in [-0.3, -0.25) is 10.1 Å². The van der Waals surface area contributed by atoms with E-state index in [2.05, 4.69) is 18.3 Å². The Balaban J connectivity index is 1.81. The molecule has 0 bridgehead atoms. The average molecular weight is 306 g/mol. The molecule has 4 nitrogen and oxygen atoms in total. The van der Waals surface area contributed by atoms with Crippen LogP contribution in [0, 0.1) is 0 Å². The highest BCUT2D eigenvalue weighted by Crippen LogP contribution is 2.40. The first-order chi connectivity index (χ1) is 10.1. The van der Waals surface area contributed by atoms with E-state index in [1.165, 1.54) is 18.6 Å². The third kappa shape index (κ3) is 3.04. The Morgan fingerprint density at radius 2 is 2.38 bits per heavy atom. The first-order valence-corrected chi connectivity index (χ1v) is 8.41. The number of rotatable bonds is 4. The largest absolute Gasteiger partial charge is 0.497 e. The van der Waals surface area contributed by atoms with Crippen LogP contribution in [0.3, 0.4) is 0 Å². The lowest BCUT2D eigenvalue weighted by Gasteiger charge is -2.33. The van der Waals surface area contributed by atoms with Crippen molar-refractivity contribution in [2.75, 3.05) is 26.0 Å². The first kappa shape index (κ1) is 14.7. The number of thioether (sulfide) groups is 1. The van der Waals surface area contributed by atoms with Gasteiger partial charge in [0, 0.05) is 11.3 Å². The van der Waals surface area contributed by atoms with Gasteiger partial charge in [0.1, 0.15) is 11.9 Å². The monoisotopic (exact) mass is 306 g/mol. The molecule has 0 aromatic heterocycles. The molecule has 2 aliphatic heterocycles. The van der Waals surface area contributed by atoms with Crippen molar-refractivity contribution in [3.8, 4) is 5.75 Å². The van der Waals surface area contributed by atoms with Crippen LogP contribution in [-0.2, 0) is 4.79 Å². The van der Waals surface area contributed by atoms with Gasteiger partial charge in [0.15, 0.2) is 0 Å². The summed E-state index contributed by atoms with van der Waals surface area (Å²) in [6, 6.07) is 7.96. The smallest absolute Gasteiger partial charge is 0.238 e. The Labute approximate surface area is 130 Å². The molecule has 1 aromatic carbocycles. The Kier molecular flexibility index (Phi) is 4.13. The van der Waals surface area contributed by atoms with Crippen molar-refractivity contribution in [1.82, 2.24) is 10.2 Å². The number of hydrogen-bond acceptors (Lipinski definition) is 4. The predicted molar refractivity (Wildman–Crippen MR) is 85.5 cm³/mol. The molecule has 2 heterocycles. The standard InChI is InChI=1S/C16H22N2O2S/c1-16(7-4-8-21-16)11-18-14(19)10-17-15(18)12-5-3-6-13(9-12)20-2/h3,5-6,9,15,17H,4,7-8,10-11H2,1-2H3. The molecule has 0 spiro atoms. The van der Waals surface area contributed by atoms with E-state index in [1.807, 2.05) is 34.9 Å². The van der Waals surface area contributed by atoms with E-state index in [1.54, 1.807) is 7.11 Å². The molecular formula is C16H22N2O2S. The highest BCUT2D eigenvalue weighted by Gasteiger charge is 2.39. The highest BCUT2D eigenvalue weighted by molar-refractivity contribution is 8.00. The maximum Gasteiger partial charge on any atom is 0.238 e. The van der Waals surface area contributed by atoms with Crippen molar-refractivity contribution in [3.05, 3.63) is 29.8 Å². The van der Waals surface area contributed by atoms with Gasteiger partial charge < -0.3 is 9.64 Å². The number of methoxy groups -OCH3 is 1. The molecule has 0 saturated carbocycles. The number of nitrogens with zero attached hydrogens (tertiary/aromatic N) is 1. The van der Waals surface area contributed by atoms with Crippen LogP contribution >= 0.6 is 11.8 Å². The number of carbonyl (C=O) groups is 1. The lowest BCUT2D eigenvalue weighted by atomic mass is 10.0. The van der Waals surface area contributed by atoms with Crippen molar-refractivity contribution < 1.29 is 9.53 Å². The van der Waals surface area contributed by atoms with E-state index in [-0.39, 0.29) is 16.8 Å². The lowest BCUT2D eigenvalue weighted by Crippen LogP contribution is -2.40. The summed E-state index contributed by atoms with van der Waals surface area (Å²) in [7, 11) is 1.67. The van der Waals surface area contributed by atoms with Gasteiger partial charge in [-0.05, 0) is 43.2 Å². The lowest BCUT2D eigenvalue weighted by molar-refractivity contribution is -0.128. The average Bonchev–Trinajstić information content (AvgIpc) is 3.07. The summed E-state index contributed by atoms with van der Waals surface area (Å²) in [5.74, 6) is 2.22. The maximum atomic E-state index is 12.3. The van der Waals surface area contributed by atoms with Crippen molar-refractivity contribution in [2.45, 2.75) is 30.7 Å². The molecule has 1 N–H and O–H groups in total. The van der Waals surface area contributed by atoms with E-state index in [4.69, 9.17) is 4.74 Å². The van der Waals surface area contributed by atoms with Gasteiger partial charge in [-0.25, -0.2) is 0 Å². The zero-order valence-electron chi connectivity index (χ0n) is 12.6. The van der Waals surface area contributed by atoms with E-state index < -0.39 is 0 Å². The number of carbonyl (C=O) groups excluding carboxylic acids is 1. The number of hydrogen-bond donors (Lipinski definition) is 1. The predicted octanol–water partition coefficient (Wildman–Crippen LogP) is 2.41. The number of amides is 1. The van der Waals surface area contributed by atoms with Crippen LogP contribution in [0.1, 0.15) is 31.5 Å². The molecule has 114 valence electrons. The summed E-state index contributed by atoms with van der Waals surface area (Å²) in [5, 5.41) is 3.33. The minimum atomic E-state index is -0.0365. The number of benzene rings is 1. The molecule has 1 amide bonds. The fraction of sp³-hybridized carbons (Fsp3) is 0.562. The van der Waals surface area contributed by atoms with Crippen LogP contribution in [0.4, 0.5) is 0 Å². The quantitative estimate of drug-likeness (QED) is 0.927. The summed E-state index contributed by atoms with van der Waals surface area (Å²) in [6.07, 6.45) is 2.40. The molecule has 0 aliphatic carbocycles. The molecule has 2 saturated heterocycles. The topological polar surface area (TPSA) is 41.6 Å². The SMILES string of the molecule is COc1cccc(C2NCC(=O)N2CC2(C)CCCS2)c1. The molecule has 3 rings (SSSR count). The molecule has 2 unspecified atom stereocenters. The third-order valence-electron chi connectivity index (χ3n) is 4.29. The van der Waals surface area contributed by atoms with Gasteiger partial charge in [0.25, 0.3) is 0 Å². The minimum Gasteiger partial charge on any atom is -0.497 e. The van der Waals surface area contributed by atoms with Crippen molar-refractivity contribution in [1.29, 1.82) is 0 Å². The molecule has 1 aromatic rings. The highest BCUT2D eigenvalue weighted by atomic mass is 32.2. The van der Waals surface area contributed by atoms with Crippen LogP contribution < -0.4 is 10.1 Å².